The van der Waals surface area contributed by atoms with E-state index in [2.05, 4.69) is 69.0 Å². The minimum atomic E-state index is 0.911. The maximum atomic E-state index is 5.04. The summed E-state index contributed by atoms with van der Waals surface area (Å²) < 4.78 is 2.26. The molecule has 35 heavy (non-hydrogen) atoms. The Kier molecular flexibility index (Phi) is 3.11. The molecule has 4 heterocycles. The first kappa shape index (κ1) is 17.8. The van der Waals surface area contributed by atoms with Crippen molar-refractivity contribution >= 4 is 38.4 Å². The predicted molar refractivity (Wildman–Crippen MR) is 140 cm³/mol. The molecule has 2 aliphatic rings. The smallest absolute Gasteiger partial charge is 0.146 e. The zero-order valence-corrected chi connectivity index (χ0v) is 18.8. The van der Waals surface area contributed by atoms with Crippen LogP contribution in [0.4, 0.5) is 0 Å². The Hall–Kier alpha value is -4.57. The molecule has 0 amide bonds. The Morgan fingerprint density at radius 2 is 1.31 bits per heavy atom. The molecule has 0 fully saturated rings. The summed E-state index contributed by atoms with van der Waals surface area (Å²) in [6.45, 7) is 0. The van der Waals surface area contributed by atoms with Gasteiger partial charge in [0.15, 0.2) is 0 Å². The zero-order chi connectivity index (χ0) is 22.7. The summed E-state index contributed by atoms with van der Waals surface area (Å²) in [6.07, 6.45) is 9.54. The molecule has 0 saturated carbocycles. The maximum Gasteiger partial charge on any atom is 0.146 e. The van der Waals surface area contributed by atoms with Crippen LogP contribution in [0.3, 0.4) is 0 Å². The molecule has 0 saturated heterocycles. The van der Waals surface area contributed by atoms with Crippen molar-refractivity contribution < 1.29 is 0 Å². The summed E-state index contributed by atoms with van der Waals surface area (Å²) in [5, 5.41) is 3.53. The van der Waals surface area contributed by atoms with Crippen LogP contribution in [-0.2, 0) is 12.8 Å². The lowest BCUT2D eigenvalue weighted by atomic mass is 9.96. The van der Waals surface area contributed by atoms with Crippen molar-refractivity contribution in [2.75, 3.05) is 0 Å². The van der Waals surface area contributed by atoms with Gasteiger partial charge in [0.25, 0.3) is 0 Å². The van der Waals surface area contributed by atoms with Gasteiger partial charge in [-0.2, -0.15) is 0 Å². The predicted octanol–water partition coefficient (Wildman–Crippen LogP) is 6.73. The second-order valence-corrected chi connectivity index (χ2v) is 9.76. The number of benzene rings is 3. The van der Waals surface area contributed by atoms with Gasteiger partial charge in [-0.05, 0) is 93.1 Å². The highest BCUT2D eigenvalue weighted by atomic mass is 15.0. The minimum Gasteiger partial charge on any atom is -0.291 e. The third-order valence-electron chi connectivity index (χ3n) is 7.96. The van der Waals surface area contributed by atoms with Crippen LogP contribution in [0.15, 0.2) is 85.5 Å². The minimum absolute atomic E-state index is 0.911. The molecule has 0 atom stereocenters. The Morgan fingerprint density at radius 1 is 0.571 bits per heavy atom. The molecule has 0 bridgehead atoms. The van der Waals surface area contributed by atoms with E-state index in [1.807, 2.05) is 30.9 Å². The summed E-state index contributed by atoms with van der Waals surface area (Å²) in [6, 6.07) is 22.6. The number of hydrogen-bond donors (Lipinski definition) is 0. The van der Waals surface area contributed by atoms with Crippen molar-refractivity contribution in [3.8, 4) is 22.3 Å². The van der Waals surface area contributed by atoms with Gasteiger partial charge < -0.3 is 0 Å². The molecule has 0 N–H and O–H groups in total. The van der Waals surface area contributed by atoms with Gasteiger partial charge >= 0.3 is 0 Å². The van der Waals surface area contributed by atoms with Crippen LogP contribution in [0.2, 0.25) is 0 Å². The number of fused-ring (bicyclic) bond motifs is 14. The molecule has 3 aromatic carbocycles. The Morgan fingerprint density at radius 3 is 2.26 bits per heavy atom. The van der Waals surface area contributed by atoms with Gasteiger partial charge in [-0.15, -0.1) is 0 Å². The molecule has 2 aliphatic carbocycles. The van der Waals surface area contributed by atoms with Crippen LogP contribution in [0.1, 0.15) is 22.3 Å². The van der Waals surface area contributed by atoms with Crippen LogP contribution < -0.4 is 0 Å². The number of aromatic nitrogens is 4. The lowest BCUT2D eigenvalue weighted by molar-refractivity contribution is 1.21. The van der Waals surface area contributed by atoms with E-state index in [-0.39, 0.29) is 0 Å². The molecular formula is C31H18N4. The summed E-state index contributed by atoms with van der Waals surface area (Å²) in [5.41, 5.74) is 15.2. The fourth-order valence-electron chi connectivity index (χ4n) is 6.43. The third kappa shape index (κ3) is 2.20. The highest BCUT2D eigenvalue weighted by Crippen LogP contribution is 2.46. The third-order valence-corrected chi connectivity index (χ3v) is 7.96. The highest BCUT2D eigenvalue weighted by Gasteiger charge is 2.26. The van der Waals surface area contributed by atoms with E-state index in [1.165, 1.54) is 49.9 Å². The molecule has 162 valence electrons. The van der Waals surface area contributed by atoms with E-state index in [1.54, 1.807) is 0 Å². The Labute approximate surface area is 200 Å². The number of rotatable bonds is 0. The van der Waals surface area contributed by atoms with Gasteiger partial charge in [-0.3, -0.25) is 14.4 Å². The van der Waals surface area contributed by atoms with E-state index in [0.717, 1.165) is 45.8 Å². The van der Waals surface area contributed by atoms with Crippen molar-refractivity contribution in [1.82, 2.24) is 19.4 Å². The first-order valence-corrected chi connectivity index (χ1v) is 12.0. The van der Waals surface area contributed by atoms with E-state index in [4.69, 9.17) is 4.98 Å². The van der Waals surface area contributed by atoms with E-state index in [0.29, 0.717) is 0 Å². The average Bonchev–Trinajstić information content (AvgIpc) is 3.57. The van der Waals surface area contributed by atoms with Crippen molar-refractivity contribution in [2.24, 2.45) is 0 Å². The molecule has 4 aromatic heterocycles. The summed E-state index contributed by atoms with van der Waals surface area (Å²) in [5.74, 6) is 0. The first-order valence-electron chi connectivity index (χ1n) is 12.0. The fourth-order valence-corrected chi connectivity index (χ4v) is 6.43. The normalized spacial score (nSPS) is 13.5. The molecular weight excluding hydrogens is 428 g/mol. The second-order valence-electron chi connectivity index (χ2n) is 9.76. The molecule has 0 spiro atoms. The average molecular weight is 447 g/mol. The van der Waals surface area contributed by atoms with E-state index in [9.17, 15) is 0 Å². The lowest BCUT2D eigenvalue weighted by Gasteiger charge is -2.11. The summed E-state index contributed by atoms with van der Waals surface area (Å²) >= 11 is 0. The molecule has 0 unspecified atom stereocenters. The summed E-state index contributed by atoms with van der Waals surface area (Å²) in [7, 11) is 0. The van der Waals surface area contributed by atoms with Gasteiger partial charge in [0.1, 0.15) is 11.2 Å². The molecule has 9 rings (SSSR count). The van der Waals surface area contributed by atoms with Gasteiger partial charge in [-0.1, -0.05) is 30.3 Å². The van der Waals surface area contributed by atoms with Crippen molar-refractivity contribution in [3.63, 3.8) is 0 Å². The summed E-state index contributed by atoms with van der Waals surface area (Å²) in [4.78, 5) is 13.8. The van der Waals surface area contributed by atoms with Crippen LogP contribution in [0.25, 0.3) is 60.6 Å². The second kappa shape index (κ2) is 6.10. The van der Waals surface area contributed by atoms with Crippen LogP contribution in [0.5, 0.6) is 0 Å². The zero-order valence-electron chi connectivity index (χ0n) is 18.8. The molecule has 7 aromatic rings. The van der Waals surface area contributed by atoms with Crippen LogP contribution >= 0.6 is 0 Å². The number of hydrogen-bond acceptors (Lipinski definition) is 3. The van der Waals surface area contributed by atoms with Crippen molar-refractivity contribution in [2.45, 2.75) is 12.8 Å². The van der Waals surface area contributed by atoms with E-state index >= 15 is 0 Å². The SMILES string of the molecule is c1ccc2c(c1)Cc1cc3c(cc1-2)-c1cc2c(cc1C3)c1cnccc1n1c3ccncc3nc21. The van der Waals surface area contributed by atoms with Crippen molar-refractivity contribution in [1.29, 1.82) is 0 Å². The van der Waals surface area contributed by atoms with Crippen molar-refractivity contribution in [3.05, 3.63) is 108 Å². The Bertz CT molecular complexity index is 2070. The number of nitrogens with zero attached hydrogens (tertiary/aromatic N) is 4. The van der Waals surface area contributed by atoms with Crippen LogP contribution in [0, 0.1) is 0 Å². The lowest BCUT2D eigenvalue weighted by Crippen LogP contribution is -1.93. The highest BCUT2D eigenvalue weighted by molar-refractivity contribution is 6.15. The Balaban J connectivity index is 1.40. The first-order chi connectivity index (χ1) is 17.3. The topological polar surface area (TPSA) is 43.1 Å². The standard InChI is InChI=1S/C31H18N4/c1-2-4-21-17(3-1)9-18-10-19-11-20-12-25-26(14-24(20)23(19)13-22(18)21)31-34-28-16-33-8-6-30(28)35(31)29-5-7-32-15-27(25)29/h1-8,10,12-16H,9,11H2. The molecule has 0 radical (unpaired) electrons. The largest absolute Gasteiger partial charge is 0.291 e. The quantitative estimate of drug-likeness (QED) is 0.243. The maximum absolute atomic E-state index is 5.04. The monoisotopic (exact) mass is 446 g/mol. The molecule has 4 nitrogen and oxygen atoms in total. The number of imidazole rings is 1. The molecule has 4 heteroatoms. The van der Waals surface area contributed by atoms with Crippen LogP contribution in [-0.4, -0.2) is 19.4 Å². The number of pyridine rings is 3. The van der Waals surface area contributed by atoms with Gasteiger partial charge in [0, 0.05) is 29.4 Å². The fraction of sp³-hybridized carbons (Fsp3) is 0.0645. The van der Waals surface area contributed by atoms with E-state index < -0.39 is 0 Å². The molecule has 0 aliphatic heterocycles. The van der Waals surface area contributed by atoms with Gasteiger partial charge in [0.2, 0.25) is 0 Å². The van der Waals surface area contributed by atoms with Gasteiger partial charge in [-0.25, -0.2) is 4.98 Å². The van der Waals surface area contributed by atoms with Gasteiger partial charge in [0.05, 0.1) is 17.2 Å².